The zero-order valence-corrected chi connectivity index (χ0v) is 17.0. The molecule has 0 unspecified atom stereocenters. The fraction of sp³-hybridized carbons (Fsp3) is 0.174. The van der Waals surface area contributed by atoms with E-state index in [1.807, 2.05) is 30.3 Å². The standard InChI is InChI=1S/C23H18ClNO3S.3Na.3H/c24-21-17(15-11-10-12-6-4-5-9-14(12)19(15)26)18-20(27)16(13-7-2-1-3-8-13)22(28)25-23(18)29-21;;;;;;/h1-3,7-8,10-11,26H,4-6,9H2,(H2,25,27,28);;;;;;. The minimum absolute atomic E-state index is 0. The molecule has 0 saturated carbocycles. The third kappa shape index (κ3) is 4.95. The van der Waals surface area contributed by atoms with Crippen LogP contribution in [-0.2, 0) is 12.8 Å². The summed E-state index contributed by atoms with van der Waals surface area (Å²) in [5.41, 5.74) is 4.17. The second-order valence-corrected chi connectivity index (χ2v) is 8.86. The van der Waals surface area contributed by atoms with Crippen molar-refractivity contribution in [1.82, 2.24) is 4.98 Å². The summed E-state index contributed by atoms with van der Waals surface area (Å²) in [5, 5.41) is 33.1. The van der Waals surface area contributed by atoms with Crippen molar-refractivity contribution in [3.05, 3.63) is 57.9 Å². The molecule has 2 heterocycles. The molecule has 4 aromatic rings. The van der Waals surface area contributed by atoms with Crippen LogP contribution in [0.1, 0.15) is 24.0 Å². The van der Waals surface area contributed by atoms with Crippen LogP contribution in [0.15, 0.2) is 42.5 Å². The van der Waals surface area contributed by atoms with Gasteiger partial charge in [-0.05, 0) is 42.4 Å². The molecule has 5 rings (SSSR count). The Kier molecular flexibility index (Phi) is 10.5. The van der Waals surface area contributed by atoms with Gasteiger partial charge in [0, 0.05) is 11.1 Å². The number of halogens is 1. The number of aryl methyl sites for hydroxylation is 1. The van der Waals surface area contributed by atoms with Crippen LogP contribution in [0.2, 0.25) is 4.34 Å². The molecule has 2 aromatic heterocycles. The topological polar surface area (TPSA) is 73.6 Å². The van der Waals surface area contributed by atoms with Crippen molar-refractivity contribution >= 4 is 122 Å². The molecule has 0 bridgehead atoms. The van der Waals surface area contributed by atoms with Crippen LogP contribution < -0.4 is 0 Å². The van der Waals surface area contributed by atoms with E-state index in [4.69, 9.17) is 11.6 Å². The second-order valence-electron chi connectivity index (χ2n) is 7.26. The first-order valence-corrected chi connectivity index (χ1v) is 10.7. The minimum atomic E-state index is -0.250. The monoisotopic (exact) mass is 495 g/mol. The van der Waals surface area contributed by atoms with Gasteiger partial charge >= 0.3 is 88.7 Å². The Bertz CT molecular complexity index is 1270. The first-order chi connectivity index (χ1) is 14.1. The number of aromatic nitrogens is 1. The Hall–Kier alpha value is 0.240. The van der Waals surface area contributed by atoms with Crippen LogP contribution >= 0.6 is 22.9 Å². The molecule has 0 radical (unpaired) electrons. The van der Waals surface area contributed by atoms with Crippen molar-refractivity contribution in [2.75, 3.05) is 0 Å². The molecule has 3 N–H and O–H groups in total. The quantitative estimate of drug-likeness (QED) is 0.362. The maximum atomic E-state index is 11.1. The van der Waals surface area contributed by atoms with E-state index >= 15 is 0 Å². The Balaban J connectivity index is 0.00000121. The van der Waals surface area contributed by atoms with E-state index in [1.54, 1.807) is 12.1 Å². The Morgan fingerprint density at radius 2 is 1.50 bits per heavy atom. The first-order valence-electron chi connectivity index (χ1n) is 9.49. The molecule has 0 aliphatic heterocycles. The molecule has 0 spiro atoms. The van der Waals surface area contributed by atoms with Gasteiger partial charge in [0.15, 0.2) is 0 Å². The fourth-order valence-corrected chi connectivity index (χ4v) is 5.53. The summed E-state index contributed by atoms with van der Waals surface area (Å²) >= 11 is 7.73. The summed E-state index contributed by atoms with van der Waals surface area (Å²) in [6, 6.07) is 13.0. The predicted molar refractivity (Wildman–Crippen MR) is 139 cm³/mol. The third-order valence-electron chi connectivity index (χ3n) is 5.59. The molecule has 9 heteroatoms. The molecule has 1 aliphatic carbocycles. The molecule has 1 aliphatic rings. The van der Waals surface area contributed by atoms with Gasteiger partial charge in [0.25, 0.3) is 0 Å². The SMILES string of the molecule is Oc1nc2sc(Cl)c(-c3ccc4c(c3O)CCCC4)c2c(O)c1-c1ccccc1.[NaH].[NaH].[NaH]. The zero-order valence-electron chi connectivity index (χ0n) is 15.4. The van der Waals surface area contributed by atoms with E-state index in [-0.39, 0.29) is 112 Å². The number of aromatic hydroxyl groups is 3. The molecule has 4 nitrogen and oxygen atoms in total. The Morgan fingerprint density at radius 1 is 0.812 bits per heavy atom. The average Bonchev–Trinajstić information content (AvgIpc) is 3.05. The van der Waals surface area contributed by atoms with Crippen LogP contribution in [0.4, 0.5) is 0 Å². The number of fused-ring (bicyclic) bond motifs is 2. The number of hydrogen-bond donors (Lipinski definition) is 3. The second kappa shape index (κ2) is 11.8. The van der Waals surface area contributed by atoms with Crippen LogP contribution in [0.3, 0.4) is 0 Å². The van der Waals surface area contributed by atoms with Gasteiger partial charge in [-0.1, -0.05) is 54.1 Å². The molecule has 0 atom stereocenters. The summed E-state index contributed by atoms with van der Waals surface area (Å²) in [5.74, 6) is -0.119. The molecule has 0 saturated heterocycles. The predicted octanol–water partition coefficient (Wildman–Crippen LogP) is 4.33. The number of phenolic OH excluding ortho intramolecular Hbond substituents is 1. The van der Waals surface area contributed by atoms with Gasteiger partial charge < -0.3 is 15.3 Å². The van der Waals surface area contributed by atoms with Gasteiger partial charge in [-0.25, -0.2) is 4.98 Å². The number of pyridine rings is 1. The molecule has 2 aromatic carbocycles. The van der Waals surface area contributed by atoms with Gasteiger partial charge in [0.1, 0.15) is 20.7 Å². The zero-order chi connectivity index (χ0) is 20.1. The first kappa shape index (κ1) is 28.5. The molecular formula is C23H21ClNNa3O3S. The number of phenols is 1. The number of benzene rings is 2. The van der Waals surface area contributed by atoms with E-state index in [0.717, 1.165) is 36.8 Å². The normalized spacial score (nSPS) is 12.3. The van der Waals surface area contributed by atoms with E-state index in [2.05, 4.69) is 4.98 Å². The van der Waals surface area contributed by atoms with Gasteiger partial charge in [-0.15, -0.1) is 11.3 Å². The summed E-state index contributed by atoms with van der Waals surface area (Å²) < 4.78 is 0.415. The van der Waals surface area contributed by atoms with Crippen molar-refractivity contribution in [2.24, 2.45) is 0 Å². The van der Waals surface area contributed by atoms with Gasteiger partial charge in [-0.2, -0.15) is 0 Å². The van der Waals surface area contributed by atoms with Crippen LogP contribution in [0, 0.1) is 0 Å². The number of nitrogens with zero attached hydrogens (tertiary/aromatic N) is 1. The van der Waals surface area contributed by atoms with Crippen LogP contribution in [0.5, 0.6) is 17.4 Å². The van der Waals surface area contributed by atoms with Crippen molar-refractivity contribution in [3.8, 4) is 39.6 Å². The Labute approximate surface area is 261 Å². The van der Waals surface area contributed by atoms with E-state index in [0.29, 0.717) is 31.2 Å². The third-order valence-corrected chi connectivity index (χ3v) is 6.88. The van der Waals surface area contributed by atoms with Gasteiger partial charge in [0.05, 0.1) is 10.9 Å². The summed E-state index contributed by atoms with van der Waals surface area (Å²) in [6.07, 6.45) is 3.95. The summed E-state index contributed by atoms with van der Waals surface area (Å²) in [6.45, 7) is 0. The van der Waals surface area contributed by atoms with Crippen LogP contribution in [-0.4, -0.2) is 109 Å². The average molecular weight is 496 g/mol. The summed E-state index contributed by atoms with van der Waals surface area (Å²) in [4.78, 5) is 4.71. The maximum absolute atomic E-state index is 11.1. The fourth-order valence-electron chi connectivity index (χ4n) is 4.19. The van der Waals surface area contributed by atoms with Gasteiger partial charge in [0.2, 0.25) is 5.88 Å². The molecule has 32 heavy (non-hydrogen) atoms. The van der Waals surface area contributed by atoms with Crippen LogP contribution in [0.25, 0.3) is 32.5 Å². The van der Waals surface area contributed by atoms with E-state index < -0.39 is 0 Å². The Morgan fingerprint density at radius 3 is 2.22 bits per heavy atom. The summed E-state index contributed by atoms with van der Waals surface area (Å²) in [7, 11) is 0. The van der Waals surface area contributed by atoms with Crippen molar-refractivity contribution in [2.45, 2.75) is 25.7 Å². The molecular weight excluding hydrogens is 475 g/mol. The van der Waals surface area contributed by atoms with Crippen molar-refractivity contribution in [1.29, 1.82) is 0 Å². The van der Waals surface area contributed by atoms with E-state index in [1.165, 1.54) is 11.3 Å². The van der Waals surface area contributed by atoms with Crippen molar-refractivity contribution in [3.63, 3.8) is 0 Å². The molecule has 0 amide bonds. The number of rotatable bonds is 2. The van der Waals surface area contributed by atoms with Crippen molar-refractivity contribution < 1.29 is 15.3 Å². The van der Waals surface area contributed by atoms with E-state index in [9.17, 15) is 15.3 Å². The number of hydrogen-bond acceptors (Lipinski definition) is 5. The number of thiophene rings is 1. The van der Waals surface area contributed by atoms with Gasteiger partial charge in [-0.3, -0.25) is 0 Å². The molecule has 152 valence electrons. The molecule has 0 fully saturated rings.